The molecule has 1 saturated heterocycles. The second-order valence-electron chi connectivity index (χ2n) is 14.6. The summed E-state index contributed by atoms with van der Waals surface area (Å²) < 4.78 is 49.7. The third-order valence-corrected chi connectivity index (χ3v) is 12.7. The molecule has 4 bridgehead atoms. The molecule has 1 atom stereocenters. The molecule has 4 aliphatic carbocycles. The van der Waals surface area contributed by atoms with Gasteiger partial charge in [0.05, 0.1) is 12.4 Å². The number of amides is 1. The van der Waals surface area contributed by atoms with E-state index >= 15 is 4.39 Å². The molecular weight excluding hydrogens is 614 g/mol. The molecule has 9 heteroatoms. The number of benzene rings is 3. The first-order valence-corrected chi connectivity index (χ1v) is 18.9. The highest BCUT2D eigenvalue weighted by atomic mass is 32.2. The molecule has 5 fully saturated rings. The van der Waals surface area contributed by atoms with Crippen LogP contribution >= 0.6 is 0 Å². The molecule has 4 saturated carbocycles. The molecule has 47 heavy (non-hydrogen) atoms. The Balaban J connectivity index is 0.928. The Morgan fingerprint density at radius 3 is 2.17 bits per heavy atom. The number of sulfonamides is 1. The van der Waals surface area contributed by atoms with Crippen molar-refractivity contribution >= 4 is 21.6 Å². The molecule has 250 valence electrons. The Bertz CT molecular complexity index is 1680. The van der Waals surface area contributed by atoms with Gasteiger partial charge in [-0.3, -0.25) is 9.69 Å². The van der Waals surface area contributed by atoms with Crippen molar-refractivity contribution in [2.45, 2.75) is 58.4 Å². The van der Waals surface area contributed by atoms with Gasteiger partial charge < -0.3 is 9.64 Å². The topological polar surface area (TPSA) is 79.0 Å². The van der Waals surface area contributed by atoms with Crippen LogP contribution in [-0.2, 0) is 10.0 Å². The fraction of sp³-hybridized carbons (Fsp3) is 0.500. The average molecular weight is 660 g/mol. The highest BCUT2D eigenvalue weighted by molar-refractivity contribution is 7.90. The number of piperazine rings is 1. The van der Waals surface area contributed by atoms with Crippen molar-refractivity contribution in [2.24, 2.45) is 23.2 Å². The molecular formula is C38H46FN3O4S. The van der Waals surface area contributed by atoms with Crippen LogP contribution < -0.4 is 14.4 Å². The van der Waals surface area contributed by atoms with Gasteiger partial charge in [-0.2, -0.15) is 0 Å². The summed E-state index contributed by atoms with van der Waals surface area (Å²) in [6, 6.07) is 20.3. The van der Waals surface area contributed by atoms with E-state index in [9.17, 15) is 13.2 Å². The van der Waals surface area contributed by atoms with Crippen LogP contribution in [0.3, 0.4) is 0 Å². The molecule has 5 aliphatic rings. The van der Waals surface area contributed by atoms with Crippen LogP contribution in [0.5, 0.6) is 5.75 Å². The number of rotatable bonds is 10. The van der Waals surface area contributed by atoms with E-state index in [1.807, 2.05) is 62.4 Å². The fourth-order valence-electron chi connectivity index (χ4n) is 9.47. The lowest BCUT2D eigenvalue weighted by Crippen LogP contribution is -2.51. The first-order chi connectivity index (χ1) is 22.6. The van der Waals surface area contributed by atoms with Crippen molar-refractivity contribution in [3.8, 4) is 16.9 Å². The number of hydrogen-bond donors (Lipinski definition) is 1. The smallest absolute Gasteiger partial charge is 0.264 e. The van der Waals surface area contributed by atoms with Gasteiger partial charge in [0.25, 0.3) is 5.91 Å². The maximum atomic E-state index is 15.4. The maximum Gasteiger partial charge on any atom is 0.264 e. The van der Waals surface area contributed by atoms with Gasteiger partial charge in [0.15, 0.2) is 0 Å². The highest BCUT2D eigenvalue weighted by Crippen LogP contribution is 2.60. The zero-order chi connectivity index (χ0) is 32.8. The molecule has 1 aliphatic heterocycles. The van der Waals surface area contributed by atoms with Gasteiger partial charge in [-0.05, 0) is 129 Å². The zero-order valence-electron chi connectivity index (χ0n) is 27.5. The van der Waals surface area contributed by atoms with Crippen LogP contribution in [0.2, 0.25) is 0 Å². The quantitative estimate of drug-likeness (QED) is 0.251. The first-order valence-electron chi connectivity index (χ1n) is 17.3. The number of ether oxygens (including phenoxy) is 1. The van der Waals surface area contributed by atoms with Crippen LogP contribution in [-0.4, -0.2) is 57.8 Å². The summed E-state index contributed by atoms with van der Waals surface area (Å²) in [5.74, 6) is 2.04. The Labute approximate surface area is 278 Å². The summed E-state index contributed by atoms with van der Waals surface area (Å²) in [6.07, 6.45) is 6.72. The fourth-order valence-corrected chi connectivity index (χ4v) is 11.1. The first kappa shape index (κ1) is 32.1. The highest BCUT2D eigenvalue weighted by Gasteiger charge is 2.52. The number of carbonyl (C=O) groups excluding carboxylic acids is 1. The van der Waals surface area contributed by atoms with E-state index in [4.69, 9.17) is 4.74 Å². The number of nitrogens with one attached hydrogen (secondary N) is 1. The van der Waals surface area contributed by atoms with Gasteiger partial charge in [-0.1, -0.05) is 24.3 Å². The lowest BCUT2D eigenvalue weighted by molar-refractivity contribution is -0.0391. The number of nitrogens with zero attached hydrogens (tertiary/aromatic N) is 2. The van der Waals surface area contributed by atoms with E-state index in [-0.39, 0.29) is 23.0 Å². The van der Waals surface area contributed by atoms with E-state index in [1.54, 1.807) is 18.2 Å². The van der Waals surface area contributed by atoms with Crippen molar-refractivity contribution in [1.82, 2.24) is 9.62 Å². The number of carbonyl (C=O) groups is 1. The largest absolute Gasteiger partial charge is 0.494 e. The van der Waals surface area contributed by atoms with E-state index in [2.05, 4.69) is 14.5 Å². The normalized spacial score (nSPS) is 26.3. The number of halogens is 1. The van der Waals surface area contributed by atoms with Gasteiger partial charge in [-0.15, -0.1) is 0 Å². The van der Waals surface area contributed by atoms with E-state index in [1.165, 1.54) is 19.3 Å². The molecule has 8 rings (SSSR count). The molecule has 0 spiro atoms. The minimum atomic E-state index is -3.73. The van der Waals surface area contributed by atoms with Gasteiger partial charge in [-0.25, -0.2) is 17.5 Å². The minimum absolute atomic E-state index is 0.0619. The monoisotopic (exact) mass is 659 g/mol. The summed E-state index contributed by atoms with van der Waals surface area (Å²) >= 11 is 0. The average Bonchev–Trinajstić information content (AvgIpc) is 3.03. The summed E-state index contributed by atoms with van der Waals surface area (Å²) in [6.45, 7) is 7.63. The molecule has 1 heterocycles. The Hall–Kier alpha value is -3.43. The molecule has 1 unspecified atom stereocenters. The Morgan fingerprint density at radius 2 is 1.55 bits per heavy atom. The predicted molar refractivity (Wildman–Crippen MR) is 184 cm³/mol. The minimum Gasteiger partial charge on any atom is -0.494 e. The van der Waals surface area contributed by atoms with Gasteiger partial charge in [0.2, 0.25) is 10.0 Å². The van der Waals surface area contributed by atoms with Gasteiger partial charge in [0, 0.05) is 49.0 Å². The summed E-state index contributed by atoms with van der Waals surface area (Å²) in [5, 5.41) is 0. The van der Waals surface area contributed by atoms with Crippen LogP contribution in [0.4, 0.5) is 10.1 Å². The SMILES string of the molecule is CCOc1cccc(-c2ccc(C(C)N3CCN(c4ccc(C(=O)NS(=O)(=O)CC56CC7CC(CC(C7)C5)C6)cc4)CC3)c(F)c2)c1. The Kier molecular flexibility index (Phi) is 8.81. The lowest BCUT2D eigenvalue weighted by Gasteiger charge is -2.56. The molecule has 7 nitrogen and oxygen atoms in total. The van der Waals surface area contributed by atoms with Gasteiger partial charge in [0.1, 0.15) is 11.6 Å². The second kappa shape index (κ2) is 12.9. The maximum absolute atomic E-state index is 15.4. The van der Waals surface area contributed by atoms with Crippen molar-refractivity contribution in [2.75, 3.05) is 43.4 Å². The summed E-state index contributed by atoms with van der Waals surface area (Å²) in [5.41, 5.74) is 3.59. The van der Waals surface area contributed by atoms with Crippen LogP contribution in [0.25, 0.3) is 11.1 Å². The zero-order valence-corrected chi connectivity index (χ0v) is 28.3. The lowest BCUT2D eigenvalue weighted by atomic mass is 9.50. The molecule has 1 amide bonds. The van der Waals surface area contributed by atoms with E-state index in [0.717, 1.165) is 68.0 Å². The van der Waals surface area contributed by atoms with E-state index in [0.29, 0.717) is 35.5 Å². The van der Waals surface area contributed by atoms with Crippen molar-refractivity contribution < 1.29 is 22.3 Å². The summed E-state index contributed by atoms with van der Waals surface area (Å²) in [4.78, 5) is 17.6. The number of hydrogen-bond acceptors (Lipinski definition) is 6. The molecule has 0 aromatic heterocycles. The Morgan fingerprint density at radius 1 is 0.915 bits per heavy atom. The van der Waals surface area contributed by atoms with Crippen molar-refractivity contribution in [3.05, 3.63) is 83.7 Å². The van der Waals surface area contributed by atoms with Crippen LogP contribution in [0.1, 0.15) is 74.3 Å². The standard InChI is InChI=1S/C38H46FN3O4S/c1-3-46-34-6-4-5-31(20-34)32-9-12-35(36(39)21-32)26(2)41-13-15-42(16-14-41)33-10-7-30(8-11-33)37(43)40-47(44,45)25-38-22-27-17-28(23-38)19-29(18-27)24-38/h4-12,20-21,26-29H,3,13-19,22-25H2,1-2H3,(H,40,43). The molecule has 3 aromatic rings. The van der Waals surface area contributed by atoms with Gasteiger partial charge >= 0.3 is 0 Å². The third-order valence-electron chi connectivity index (χ3n) is 11.2. The molecule has 0 radical (unpaired) electrons. The van der Waals surface area contributed by atoms with Crippen molar-refractivity contribution in [1.29, 1.82) is 0 Å². The molecule has 1 N–H and O–H groups in total. The van der Waals surface area contributed by atoms with E-state index < -0.39 is 15.9 Å². The molecule has 3 aromatic carbocycles. The van der Waals surface area contributed by atoms with Crippen LogP contribution in [0, 0.1) is 29.0 Å². The van der Waals surface area contributed by atoms with Crippen LogP contribution in [0.15, 0.2) is 66.7 Å². The number of anilines is 1. The predicted octanol–water partition coefficient (Wildman–Crippen LogP) is 7.05. The summed E-state index contributed by atoms with van der Waals surface area (Å²) in [7, 11) is -3.73. The van der Waals surface area contributed by atoms with Crippen molar-refractivity contribution in [3.63, 3.8) is 0 Å². The third kappa shape index (κ3) is 6.93. The second-order valence-corrected chi connectivity index (χ2v) is 16.3.